The van der Waals surface area contributed by atoms with Crippen molar-refractivity contribution in [3.8, 4) is 6.01 Å². The quantitative estimate of drug-likeness (QED) is 0.792. The summed E-state index contributed by atoms with van der Waals surface area (Å²) in [7, 11) is 3.13. The molecular weight excluding hydrogens is 365 g/mol. The van der Waals surface area contributed by atoms with Crippen molar-refractivity contribution in [3.63, 3.8) is 0 Å². The van der Waals surface area contributed by atoms with E-state index in [9.17, 15) is 14.0 Å². The lowest BCUT2D eigenvalue weighted by atomic mass is 9.89. The van der Waals surface area contributed by atoms with Gasteiger partial charge >= 0.3 is 6.01 Å². The summed E-state index contributed by atoms with van der Waals surface area (Å²) in [6.45, 7) is 3.05. The number of aromatic nitrogens is 3. The largest absolute Gasteiger partial charge is 0.467 e. The number of carbonyl (C=O) groups is 2. The van der Waals surface area contributed by atoms with Crippen molar-refractivity contribution in [2.24, 2.45) is 18.9 Å². The number of aryl methyl sites for hydroxylation is 1. The summed E-state index contributed by atoms with van der Waals surface area (Å²) in [5.74, 6) is -0.379. The lowest BCUT2D eigenvalue weighted by molar-refractivity contribution is -0.130. The van der Waals surface area contributed by atoms with E-state index in [-0.39, 0.29) is 47.3 Å². The van der Waals surface area contributed by atoms with E-state index in [0.717, 1.165) is 5.56 Å². The van der Waals surface area contributed by atoms with E-state index in [1.807, 2.05) is 6.07 Å². The van der Waals surface area contributed by atoms with Gasteiger partial charge in [0.1, 0.15) is 5.82 Å². The first-order chi connectivity index (χ1) is 13.4. The van der Waals surface area contributed by atoms with E-state index < -0.39 is 0 Å². The maximum absolute atomic E-state index is 13.8. The normalized spacial score (nSPS) is 23.8. The third kappa shape index (κ3) is 3.00. The van der Waals surface area contributed by atoms with Gasteiger partial charge in [0.25, 0.3) is 5.91 Å². The van der Waals surface area contributed by atoms with Gasteiger partial charge < -0.3 is 14.5 Å². The molecule has 0 N–H and O–H groups in total. The molecule has 3 heterocycles. The summed E-state index contributed by atoms with van der Waals surface area (Å²) in [5.41, 5.74) is 0.759. The fourth-order valence-electron chi connectivity index (χ4n) is 4.43. The molecule has 1 aromatic carbocycles. The number of methoxy groups -OCH3 is 1. The average molecular weight is 387 g/mol. The Kier molecular flexibility index (Phi) is 4.52. The lowest BCUT2D eigenvalue weighted by Crippen LogP contribution is -2.36. The number of benzene rings is 1. The minimum Gasteiger partial charge on any atom is -0.467 e. The Labute approximate surface area is 161 Å². The Hall–Kier alpha value is -2.97. The summed E-state index contributed by atoms with van der Waals surface area (Å²) in [5, 5.41) is 4.13. The first-order valence-electron chi connectivity index (χ1n) is 9.16. The highest BCUT2D eigenvalue weighted by molar-refractivity contribution is 5.90. The van der Waals surface area contributed by atoms with E-state index in [4.69, 9.17) is 4.74 Å². The monoisotopic (exact) mass is 387 g/mol. The topological polar surface area (TPSA) is 80.6 Å². The molecule has 28 heavy (non-hydrogen) atoms. The molecule has 0 unspecified atom stereocenters. The molecule has 148 valence electrons. The van der Waals surface area contributed by atoms with Gasteiger partial charge in [-0.15, -0.1) is 5.10 Å². The number of amides is 2. The molecule has 1 aromatic heterocycles. The van der Waals surface area contributed by atoms with E-state index in [2.05, 4.69) is 10.1 Å². The predicted octanol–water partition coefficient (Wildman–Crippen LogP) is 1.25. The first kappa shape index (κ1) is 18.4. The van der Waals surface area contributed by atoms with E-state index >= 15 is 0 Å². The molecule has 4 rings (SSSR count). The average Bonchev–Trinajstić information content (AvgIpc) is 3.32. The van der Waals surface area contributed by atoms with Crippen LogP contribution in [0.3, 0.4) is 0 Å². The van der Waals surface area contributed by atoms with E-state index in [1.165, 1.54) is 30.8 Å². The van der Waals surface area contributed by atoms with Crippen LogP contribution in [0.15, 0.2) is 24.3 Å². The Bertz CT molecular complexity index is 930. The van der Waals surface area contributed by atoms with Crippen LogP contribution in [0, 0.1) is 17.7 Å². The van der Waals surface area contributed by atoms with Crippen molar-refractivity contribution < 1.29 is 18.7 Å². The molecule has 8 nitrogen and oxygen atoms in total. The first-order valence-corrected chi connectivity index (χ1v) is 9.16. The molecule has 2 aromatic rings. The van der Waals surface area contributed by atoms with Crippen LogP contribution >= 0.6 is 0 Å². The minimum absolute atomic E-state index is 0.0419. The molecule has 0 aliphatic carbocycles. The molecule has 2 aliphatic rings. The zero-order valence-corrected chi connectivity index (χ0v) is 16.0. The summed E-state index contributed by atoms with van der Waals surface area (Å²) in [4.78, 5) is 32.7. The molecule has 2 aliphatic heterocycles. The molecule has 0 spiro atoms. The second-order valence-electron chi connectivity index (χ2n) is 7.35. The predicted molar refractivity (Wildman–Crippen MR) is 97.0 cm³/mol. The van der Waals surface area contributed by atoms with Crippen LogP contribution in [0.2, 0.25) is 0 Å². The second-order valence-corrected chi connectivity index (χ2v) is 7.35. The molecular formula is C19H22FN5O3. The van der Waals surface area contributed by atoms with Crippen LogP contribution in [0.4, 0.5) is 4.39 Å². The third-order valence-electron chi connectivity index (χ3n) is 5.64. The number of likely N-dealkylation sites (tertiary alicyclic amines) is 2. The third-order valence-corrected chi connectivity index (χ3v) is 5.64. The number of carbonyl (C=O) groups excluding carboxylic acids is 2. The molecule has 0 radical (unpaired) electrons. The molecule has 0 saturated carbocycles. The summed E-state index contributed by atoms with van der Waals surface area (Å²) >= 11 is 0. The van der Waals surface area contributed by atoms with Gasteiger partial charge in [-0.05, 0) is 17.7 Å². The zero-order valence-electron chi connectivity index (χ0n) is 16.0. The van der Waals surface area contributed by atoms with Crippen LogP contribution in [0.1, 0.15) is 29.1 Å². The standard InChI is InChI=1S/C19H22FN5O3/c1-11(26)25-9-13-8-24(18(27)17-21-19(28-3)23(2)22-17)10-15(13)16(25)12-5-4-6-14(20)7-12/h4-7,13,15-16H,8-10H2,1-3H3/t13-,15-,16+/m1/s1. The smallest absolute Gasteiger partial charge is 0.314 e. The maximum atomic E-state index is 13.8. The lowest BCUT2D eigenvalue weighted by Gasteiger charge is -2.29. The highest BCUT2D eigenvalue weighted by Crippen LogP contribution is 2.45. The van der Waals surface area contributed by atoms with Crippen LogP contribution in [0.5, 0.6) is 6.01 Å². The maximum Gasteiger partial charge on any atom is 0.314 e. The SMILES string of the molecule is COc1nc(C(=O)N2C[C@@H]3CN(C(C)=O)[C@@H](c4cccc(F)c4)[C@@H]3C2)nn1C. The molecule has 2 amide bonds. The van der Waals surface area contributed by atoms with Crippen molar-refractivity contribution >= 4 is 11.8 Å². The number of halogens is 1. The Balaban J connectivity index is 1.59. The van der Waals surface area contributed by atoms with Crippen LogP contribution in [-0.2, 0) is 11.8 Å². The number of nitrogens with zero attached hydrogens (tertiary/aromatic N) is 5. The molecule has 2 fully saturated rings. The van der Waals surface area contributed by atoms with Gasteiger partial charge in [-0.1, -0.05) is 12.1 Å². The number of hydrogen-bond donors (Lipinski definition) is 0. The van der Waals surface area contributed by atoms with Crippen molar-refractivity contribution in [2.75, 3.05) is 26.7 Å². The van der Waals surface area contributed by atoms with Crippen LogP contribution < -0.4 is 4.74 Å². The highest BCUT2D eigenvalue weighted by Gasteiger charge is 2.49. The van der Waals surface area contributed by atoms with E-state index in [0.29, 0.717) is 19.6 Å². The van der Waals surface area contributed by atoms with Gasteiger partial charge in [-0.25, -0.2) is 9.07 Å². The molecule has 3 atom stereocenters. The fourth-order valence-corrected chi connectivity index (χ4v) is 4.43. The number of fused-ring (bicyclic) bond motifs is 1. The van der Waals surface area contributed by atoms with Crippen LogP contribution in [0.25, 0.3) is 0 Å². The van der Waals surface area contributed by atoms with Crippen molar-refractivity contribution in [1.29, 1.82) is 0 Å². The number of hydrogen-bond acceptors (Lipinski definition) is 5. The van der Waals surface area contributed by atoms with Crippen LogP contribution in [-0.4, -0.2) is 63.1 Å². The van der Waals surface area contributed by atoms with Gasteiger partial charge in [-0.2, -0.15) is 4.98 Å². The van der Waals surface area contributed by atoms with Crippen molar-refractivity contribution in [1.82, 2.24) is 24.6 Å². The van der Waals surface area contributed by atoms with Crippen molar-refractivity contribution in [3.05, 3.63) is 41.5 Å². The zero-order chi connectivity index (χ0) is 20.0. The molecule has 9 heteroatoms. The molecule has 2 saturated heterocycles. The number of ether oxygens (including phenoxy) is 1. The highest BCUT2D eigenvalue weighted by atomic mass is 19.1. The Morgan fingerprint density at radius 1 is 1.25 bits per heavy atom. The van der Waals surface area contributed by atoms with Gasteiger partial charge in [0.2, 0.25) is 11.7 Å². The minimum atomic E-state index is -0.333. The van der Waals surface area contributed by atoms with Gasteiger partial charge in [0.15, 0.2) is 0 Å². The fraction of sp³-hybridized carbons (Fsp3) is 0.474. The Morgan fingerprint density at radius 3 is 2.68 bits per heavy atom. The van der Waals surface area contributed by atoms with Gasteiger partial charge in [0, 0.05) is 45.4 Å². The van der Waals surface area contributed by atoms with Gasteiger partial charge in [-0.3, -0.25) is 9.59 Å². The van der Waals surface area contributed by atoms with E-state index in [1.54, 1.807) is 22.9 Å². The van der Waals surface area contributed by atoms with Crippen molar-refractivity contribution in [2.45, 2.75) is 13.0 Å². The summed E-state index contributed by atoms with van der Waals surface area (Å²) < 4.78 is 20.3. The summed E-state index contributed by atoms with van der Waals surface area (Å²) in [6.07, 6.45) is 0. The Morgan fingerprint density at radius 2 is 2.04 bits per heavy atom. The summed E-state index contributed by atoms with van der Waals surface area (Å²) in [6, 6.07) is 6.36. The van der Waals surface area contributed by atoms with Gasteiger partial charge in [0.05, 0.1) is 13.2 Å². The second kappa shape index (κ2) is 6.88. The number of rotatable bonds is 3. The molecule has 0 bridgehead atoms.